The number of nitrogens with one attached hydrogen (secondary N) is 1. The van der Waals surface area contributed by atoms with Crippen LogP contribution in [0, 0.1) is 17.3 Å². The van der Waals surface area contributed by atoms with Crippen molar-refractivity contribution in [2.45, 2.75) is 128 Å². The zero-order valence-corrected chi connectivity index (χ0v) is 31.0. The molecule has 3 aliphatic rings. The number of hydrogen-bond acceptors (Lipinski definition) is 7. The van der Waals surface area contributed by atoms with Crippen LogP contribution in [0.5, 0.6) is 0 Å². The minimum atomic E-state index is -1.18. The van der Waals surface area contributed by atoms with Gasteiger partial charge < -0.3 is 29.7 Å². The zero-order valence-electron chi connectivity index (χ0n) is 31.0. The molecule has 3 saturated heterocycles. The van der Waals surface area contributed by atoms with Gasteiger partial charge in [0.15, 0.2) is 0 Å². The van der Waals surface area contributed by atoms with E-state index in [-0.39, 0.29) is 36.2 Å². The number of hydrogen-bond donors (Lipinski definition) is 2. The highest BCUT2D eigenvalue weighted by Gasteiger charge is 2.75. The number of allylic oxidation sites excluding steroid dienone is 1. The minimum absolute atomic E-state index is 0.0470. The van der Waals surface area contributed by atoms with Crippen LogP contribution < -0.4 is 5.32 Å². The highest BCUT2D eigenvalue weighted by molar-refractivity contribution is 5.98. The Morgan fingerprint density at radius 2 is 1.82 bits per heavy atom. The van der Waals surface area contributed by atoms with Crippen LogP contribution in [0.25, 0.3) is 0 Å². The van der Waals surface area contributed by atoms with Gasteiger partial charge >= 0.3 is 5.97 Å². The first-order valence-corrected chi connectivity index (χ1v) is 18.3. The van der Waals surface area contributed by atoms with Gasteiger partial charge in [-0.25, -0.2) is 0 Å². The van der Waals surface area contributed by atoms with Crippen LogP contribution in [0.4, 0.5) is 0 Å². The molecule has 4 rings (SSSR count). The van der Waals surface area contributed by atoms with Gasteiger partial charge in [0.2, 0.25) is 17.7 Å². The van der Waals surface area contributed by atoms with Gasteiger partial charge in [-0.15, -0.1) is 13.2 Å². The first kappa shape index (κ1) is 39.3. The van der Waals surface area contributed by atoms with E-state index in [9.17, 15) is 24.3 Å². The molecule has 0 radical (unpaired) electrons. The molecular weight excluding hydrogens is 634 g/mol. The SMILES string of the molecule is C=CCCC(=O)N[C@H](C)[C@@H](OC(=O)[C@@H]1[C@@H]2CC[C@]3(O2)[C@H](C(=O)N(CC=C)C(C)(C)CC(C)(C)C)N(CCCCCO)C(=O)[C@@H]13)c1ccccc1. The van der Waals surface area contributed by atoms with E-state index in [0.29, 0.717) is 57.2 Å². The molecular formula is C40H59N3O7. The monoisotopic (exact) mass is 693 g/mol. The van der Waals surface area contributed by atoms with Crippen molar-refractivity contribution in [1.29, 1.82) is 0 Å². The van der Waals surface area contributed by atoms with Crippen molar-refractivity contribution >= 4 is 23.7 Å². The molecule has 3 fully saturated rings. The third-order valence-corrected chi connectivity index (χ3v) is 10.4. The Hall–Kier alpha value is -3.50. The lowest BCUT2D eigenvalue weighted by Gasteiger charge is -2.45. The van der Waals surface area contributed by atoms with Crippen LogP contribution in [0.3, 0.4) is 0 Å². The molecule has 0 saturated carbocycles. The van der Waals surface area contributed by atoms with E-state index in [0.717, 1.165) is 6.42 Å². The summed E-state index contributed by atoms with van der Waals surface area (Å²) in [5.74, 6) is -3.01. The molecule has 2 N–H and O–H groups in total. The molecule has 3 heterocycles. The summed E-state index contributed by atoms with van der Waals surface area (Å²) in [4.78, 5) is 60.0. The number of rotatable bonds is 18. The second-order valence-electron chi connectivity index (χ2n) is 16.1. The molecule has 50 heavy (non-hydrogen) atoms. The van der Waals surface area contributed by atoms with Gasteiger partial charge in [-0.1, -0.05) is 63.3 Å². The number of benzene rings is 1. The van der Waals surface area contributed by atoms with Crippen molar-refractivity contribution in [3.05, 3.63) is 61.2 Å². The van der Waals surface area contributed by atoms with E-state index >= 15 is 0 Å². The van der Waals surface area contributed by atoms with Crippen LogP contribution in [-0.4, -0.2) is 87.6 Å². The van der Waals surface area contributed by atoms with Gasteiger partial charge in [0, 0.05) is 31.7 Å². The van der Waals surface area contributed by atoms with Crippen molar-refractivity contribution < 1.29 is 33.8 Å². The molecule has 0 unspecified atom stereocenters. The van der Waals surface area contributed by atoms with Crippen molar-refractivity contribution in [3.8, 4) is 0 Å². The lowest BCUT2D eigenvalue weighted by molar-refractivity contribution is -0.162. The standard InChI is InChI=1S/C40H59N3O7/c1-9-11-20-30(45)41-27(3)33(28-18-14-12-15-19-28)49-37(48)31-29-21-22-40(50-29)32(31)35(46)42(24-16-13-17-25-44)34(40)36(47)43(23-10-2)39(7,8)26-38(4,5)6/h9-10,12,14-15,18-19,27,29,31-34,44H,1-2,11,13,16-17,20-26H2,3-8H3,(H,41,45)/t27-,29+,31-,32-,33-,34+,40-/m1/s1. The molecule has 1 aromatic rings. The van der Waals surface area contributed by atoms with E-state index in [4.69, 9.17) is 9.47 Å². The van der Waals surface area contributed by atoms with Crippen LogP contribution in [0.15, 0.2) is 55.6 Å². The molecule has 10 nitrogen and oxygen atoms in total. The van der Waals surface area contributed by atoms with Gasteiger partial charge in [0.25, 0.3) is 0 Å². The third kappa shape index (κ3) is 8.34. The van der Waals surface area contributed by atoms with Crippen LogP contribution in [0.1, 0.15) is 105 Å². The molecule has 1 spiro atoms. The Bertz CT molecular complexity index is 1390. The Morgan fingerprint density at radius 1 is 1.12 bits per heavy atom. The number of fused-ring (bicyclic) bond motifs is 1. The summed E-state index contributed by atoms with van der Waals surface area (Å²) in [7, 11) is 0. The van der Waals surface area contributed by atoms with Gasteiger partial charge in [-0.05, 0) is 76.7 Å². The molecule has 3 aliphatic heterocycles. The number of likely N-dealkylation sites (tertiary alicyclic amines) is 1. The molecule has 1 aromatic carbocycles. The van der Waals surface area contributed by atoms with E-state index in [1.165, 1.54) is 0 Å². The molecule has 0 aromatic heterocycles. The van der Waals surface area contributed by atoms with Crippen LogP contribution in [-0.2, 0) is 28.7 Å². The van der Waals surface area contributed by atoms with Gasteiger partial charge in [0.05, 0.1) is 24.0 Å². The zero-order chi connectivity index (χ0) is 36.9. The summed E-state index contributed by atoms with van der Waals surface area (Å²) in [5, 5.41) is 12.4. The third-order valence-electron chi connectivity index (χ3n) is 10.4. The Kier molecular flexibility index (Phi) is 12.8. The highest BCUT2D eigenvalue weighted by Crippen LogP contribution is 2.59. The predicted molar refractivity (Wildman–Crippen MR) is 193 cm³/mol. The number of aliphatic hydroxyl groups excluding tert-OH is 1. The normalized spacial score (nSPS) is 25.5. The fraction of sp³-hybridized carbons (Fsp3) is 0.650. The van der Waals surface area contributed by atoms with Crippen molar-refractivity contribution in [2.75, 3.05) is 19.7 Å². The molecule has 3 amide bonds. The summed E-state index contributed by atoms with van der Waals surface area (Å²) in [6.07, 6.45) is 6.38. The van der Waals surface area contributed by atoms with Crippen molar-refractivity contribution in [3.63, 3.8) is 0 Å². The van der Waals surface area contributed by atoms with E-state index in [1.807, 2.05) is 49.1 Å². The molecule has 276 valence electrons. The maximum atomic E-state index is 14.9. The summed E-state index contributed by atoms with van der Waals surface area (Å²) in [5.41, 5.74) is -1.10. The van der Waals surface area contributed by atoms with Crippen LogP contribution in [0.2, 0.25) is 0 Å². The number of carbonyl (C=O) groups is 4. The van der Waals surface area contributed by atoms with E-state index < -0.39 is 53.2 Å². The lowest BCUT2D eigenvalue weighted by atomic mass is 9.70. The van der Waals surface area contributed by atoms with E-state index in [2.05, 4.69) is 39.2 Å². The van der Waals surface area contributed by atoms with Crippen molar-refractivity contribution in [2.24, 2.45) is 17.3 Å². The van der Waals surface area contributed by atoms with Crippen LogP contribution >= 0.6 is 0 Å². The maximum absolute atomic E-state index is 14.9. The fourth-order valence-electron chi connectivity index (χ4n) is 8.76. The number of ether oxygens (including phenoxy) is 2. The smallest absolute Gasteiger partial charge is 0.313 e. The Morgan fingerprint density at radius 3 is 2.44 bits per heavy atom. The largest absolute Gasteiger partial charge is 0.455 e. The summed E-state index contributed by atoms with van der Waals surface area (Å²) in [6, 6.07) is 7.79. The van der Waals surface area contributed by atoms with Crippen molar-refractivity contribution in [1.82, 2.24) is 15.1 Å². The number of amides is 3. The lowest BCUT2D eigenvalue weighted by Crippen LogP contribution is -2.61. The van der Waals surface area contributed by atoms with Gasteiger partial charge in [0.1, 0.15) is 17.7 Å². The predicted octanol–water partition coefficient (Wildman–Crippen LogP) is 5.51. The number of nitrogens with zero attached hydrogens (tertiary/aromatic N) is 2. The first-order valence-electron chi connectivity index (χ1n) is 18.3. The first-order chi connectivity index (χ1) is 23.6. The second-order valence-corrected chi connectivity index (χ2v) is 16.1. The second kappa shape index (κ2) is 16.2. The average molecular weight is 694 g/mol. The fourth-order valence-corrected chi connectivity index (χ4v) is 8.76. The topological polar surface area (TPSA) is 125 Å². The maximum Gasteiger partial charge on any atom is 0.313 e. The summed E-state index contributed by atoms with van der Waals surface area (Å²) < 4.78 is 13.0. The van der Waals surface area contributed by atoms with Gasteiger partial charge in [-0.2, -0.15) is 0 Å². The Labute approximate surface area is 298 Å². The average Bonchev–Trinajstić information content (AvgIpc) is 3.69. The highest BCUT2D eigenvalue weighted by atomic mass is 16.6. The number of esters is 1. The molecule has 10 heteroatoms. The molecule has 2 bridgehead atoms. The Balaban J connectivity index is 1.69. The quantitative estimate of drug-likeness (QED) is 0.118. The number of aliphatic hydroxyl groups is 1. The minimum Gasteiger partial charge on any atom is -0.455 e. The van der Waals surface area contributed by atoms with E-state index in [1.54, 1.807) is 24.0 Å². The molecule has 0 aliphatic carbocycles. The summed E-state index contributed by atoms with van der Waals surface area (Å²) in [6.45, 7) is 20.6. The van der Waals surface area contributed by atoms with Gasteiger partial charge in [-0.3, -0.25) is 19.2 Å². The molecule has 7 atom stereocenters. The summed E-state index contributed by atoms with van der Waals surface area (Å²) >= 11 is 0. The number of carbonyl (C=O) groups excluding carboxylic acids is 4. The number of unbranched alkanes of at least 4 members (excludes halogenated alkanes) is 2.